The highest BCUT2D eigenvalue weighted by Crippen LogP contribution is 2.30. The number of carbonyl (C=O) groups is 2. The minimum absolute atomic E-state index is 0.233. The van der Waals surface area contributed by atoms with E-state index >= 15 is 0 Å². The van der Waals surface area contributed by atoms with Crippen molar-refractivity contribution in [3.63, 3.8) is 0 Å². The summed E-state index contributed by atoms with van der Waals surface area (Å²) in [6.45, 7) is 2.05. The number of rotatable bonds is 5. The first-order valence-electron chi connectivity index (χ1n) is 8.16. The molecule has 3 rings (SSSR count). The number of amides is 1. The van der Waals surface area contributed by atoms with Gasteiger partial charge in [-0.1, -0.05) is 55.8 Å². The highest BCUT2D eigenvalue weighted by molar-refractivity contribution is 6.01. The smallest absolute Gasteiger partial charge is 0.224 e. The molecule has 23 heavy (non-hydrogen) atoms. The van der Waals surface area contributed by atoms with Crippen molar-refractivity contribution >= 4 is 11.7 Å². The first-order chi connectivity index (χ1) is 11.1. The number of ketones is 1. The molecule has 0 saturated carbocycles. The number of carbonyl (C=O) groups excluding carboxylic acids is 2. The van der Waals surface area contributed by atoms with Crippen molar-refractivity contribution in [2.24, 2.45) is 5.73 Å². The molecule has 2 N–H and O–H groups in total. The lowest BCUT2D eigenvalue weighted by Gasteiger charge is -2.14. The normalized spacial score (nSPS) is 14.6. The molecule has 1 unspecified atom stereocenters. The minimum Gasteiger partial charge on any atom is -0.369 e. The van der Waals surface area contributed by atoms with Gasteiger partial charge in [0.05, 0.1) is 5.92 Å². The molecule has 118 valence electrons. The fourth-order valence-corrected chi connectivity index (χ4v) is 3.33. The second kappa shape index (κ2) is 6.37. The number of Topliss-reactive ketones (excluding diaryl/α,β-unsaturated/α-hetero) is 1. The molecule has 1 aliphatic rings. The number of benzene rings is 2. The van der Waals surface area contributed by atoms with Crippen molar-refractivity contribution in [3.05, 3.63) is 59.2 Å². The summed E-state index contributed by atoms with van der Waals surface area (Å²) in [7, 11) is 0. The van der Waals surface area contributed by atoms with Gasteiger partial charge >= 0.3 is 0 Å². The van der Waals surface area contributed by atoms with E-state index in [4.69, 9.17) is 5.73 Å². The number of primary amides is 1. The summed E-state index contributed by atoms with van der Waals surface area (Å²) in [5.74, 6) is -0.281. The minimum atomic E-state index is -0.274. The highest BCUT2D eigenvalue weighted by atomic mass is 16.1. The Bertz CT molecular complexity index is 764. The van der Waals surface area contributed by atoms with E-state index in [1.807, 2.05) is 36.4 Å². The van der Waals surface area contributed by atoms with Gasteiger partial charge in [0.15, 0.2) is 5.78 Å². The van der Waals surface area contributed by atoms with E-state index in [0.29, 0.717) is 6.42 Å². The summed E-state index contributed by atoms with van der Waals surface area (Å²) < 4.78 is 0. The van der Waals surface area contributed by atoms with E-state index in [0.717, 1.165) is 47.1 Å². The Morgan fingerprint density at radius 1 is 1.13 bits per heavy atom. The molecular formula is C20H21NO2. The number of hydrogen-bond donors (Lipinski definition) is 1. The van der Waals surface area contributed by atoms with Gasteiger partial charge < -0.3 is 5.73 Å². The molecule has 0 aliphatic heterocycles. The van der Waals surface area contributed by atoms with Crippen molar-refractivity contribution < 1.29 is 9.59 Å². The van der Waals surface area contributed by atoms with Gasteiger partial charge in [0.1, 0.15) is 0 Å². The van der Waals surface area contributed by atoms with Gasteiger partial charge in [-0.15, -0.1) is 0 Å². The molecule has 0 aromatic heterocycles. The second-order valence-electron chi connectivity index (χ2n) is 6.16. The predicted octanol–water partition coefficient (Wildman–Crippen LogP) is 3.85. The molecule has 1 aliphatic carbocycles. The van der Waals surface area contributed by atoms with Crippen LogP contribution in [0.15, 0.2) is 42.5 Å². The monoisotopic (exact) mass is 307 g/mol. The van der Waals surface area contributed by atoms with Crippen molar-refractivity contribution in [3.8, 4) is 11.1 Å². The van der Waals surface area contributed by atoms with Crippen molar-refractivity contribution in [1.82, 2.24) is 0 Å². The lowest BCUT2D eigenvalue weighted by Crippen LogP contribution is -2.21. The van der Waals surface area contributed by atoms with Crippen LogP contribution in [0.25, 0.3) is 11.1 Å². The van der Waals surface area contributed by atoms with Gasteiger partial charge in [-0.3, -0.25) is 9.59 Å². The molecule has 2 aromatic carbocycles. The number of hydrogen-bond acceptors (Lipinski definition) is 2. The van der Waals surface area contributed by atoms with Crippen LogP contribution in [-0.4, -0.2) is 11.7 Å². The van der Waals surface area contributed by atoms with Crippen LogP contribution < -0.4 is 5.73 Å². The zero-order chi connectivity index (χ0) is 16.4. The SMILES string of the molecule is CCCC(C(N)=O)c1cccc(-c2ccc3c(c2)CCC3=O)c1. The predicted molar refractivity (Wildman–Crippen MR) is 91.4 cm³/mol. The highest BCUT2D eigenvalue weighted by Gasteiger charge is 2.20. The summed E-state index contributed by atoms with van der Waals surface area (Å²) in [5.41, 5.74) is 10.6. The van der Waals surface area contributed by atoms with Gasteiger partial charge in [0, 0.05) is 12.0 Å². The molecule has 0 heterocycles. The molecule has 0 radical (unpaired) electrons. The summed E-state index contributed by atoms with van der Waals surface area (Å²) in [6, 6.07) is 14.0. The largest absolute Gasteiger partial charge is 0.369 e. The maximum absolute atomic E-state index is 11.8. The van der Waals surface area contributed by atoms with Gasteiger partial charge in [-0.2, -0.15) is 0 Å². The number of fused-ring (bicyclic) bond motifs is 1. The average molecular weight is 307 g/mol. The molecule has 0 fully saturated rings. The second-order valence-corrected chi connectivity index (χ2v) is 6.16. The van der Waals surface area contributed by atoms with E-state index in [-0.39, 0.29) is 17.6 Å². The Morgan fingerprint density at radius 2 is 1.91 bits per heavy atom. The third-order valence-corrected chi connectivity index (χ3v) is 4.57. The number of aryl methyl sites for hydroxylation is 1. The maximum atomic E-state index is 11.8. The Hall–Kier alpha value is -2.42. The zero-order valence-corrected chi connectivity index (χ0v) is 13.3. The van der Waals surface area contributed by atoms with Crippen LogP contribution >= 0.6 is 0 Å². The van der Waals surface area contributed by atoms with E-state index < -0.39 is 0 Å². The van der Waals surface area contributed by atoms with E-state index in [2.05, 4.69) is 13.0 Å². The standard InChI is InChI=1S/C20H21NO2/c1-2-4-18(20(21)23)15-6-3-5-13(11-15)14-7-9-17-16(12-14)8-10-19(17)22/h3,5-7,9,11-12,18H,2,4,8,10H2,1H3,(H2,21,23). The third-order valence-electron chi connectivity index (χ3n) is 4.57. The van der Waals surface area contributed by atoms with Gasteiger partial charge in [-0.05, 0) is 35.1 Å². The Labute approximate surface area is 136 Å². The van der Waals surface area contributed by atoms with Crippen LogP contribution in [0.4, 0.5) is 0 Å². The van der Waals surface area contributed by atoms with Crippen LogP contribution in [0.1, 0.15) is 53.6 Å². The van der Waals surface area contributed by atoms with E-state index in [9.17, 15) is 9.59 Å². The first-order valence-corrected chi connectivity index (χ1v) is 8.16. The average Bonchev–Trinajstić information content (AvgIpc) is 2.93. The maximum Gasteiger partial charge on any atom is 0.224 e. The topological polar surface area (TPSA) is 60.2 Å². The Balaban J connectivity index is 1.97. The van der Waals surface area contributed by atoms with Crippen molar-refractivity contribution in [2.45, 2.75) is 38.5 Å². The quantitative estimate of drug-likeness (QED) is 0.912. The van der Waals surface area contributed by atoms with Gasteiger partial charge in [0.25, 0.3) is 0 Å². The van der Waals surface area contributed by atoms with Crippen LogP contribution in [0.2, 0.25) is 0 Å². The van der Waals surface area contributed by atoms with E-state index in [1.54, 1.807) is 0 Å². The van der Waals surface area contributed by atoms with Crippen LogP contribution in [-0.2, 0) is 11.2 Å². The number of nitrogens with two attached hydrogens (primary N) is 1. The molecule has 3 heteroatoms. The summed E-state index contributed by atoms with van der Waals surface area (Å²) in [6.07, 6.45) is 3.11. The molecule has 0 saturated heterocycles. The molecule has 2 aromatic rings. The fraction of sp³-hybridized carbons (Fsp3) is 0.300. The lowest BCUT2D eigenvalue weighted by molar-refractivity contribution is -0.119. The molecule has 3 nitrogen and oxygen atoms in total. The van der Waals surface area contributed by atoms with Gasteiger partial charge in [0.2, 0.25) is 5.91 Å². The van der Waals surface area contributed by atoms with E-state index in [1.165, 1.54) is 0 Å². The third kappa shape index (κ3) is 3.04. The molecular weight excluding hydrogens is 286 g/mol. The van der Waals surface area contributed by atoms with Crippen LogP contribution in [0, 0.1) is 0 Å². The zero-order valence-electron chi connectivity index (χ0n) is 13.3. The first kappa shape index (κ1) is 15.5. The Morgan fingerprint density at radius 3 is 2.65 bits per heavy atom. The van der Waals surface area contributed by atoms with Crippen molar-refractivity contribution in [2.75, 3.05) is 0 Å². The summed E-state index contributed by atoms with van der Waals surface area (Å²) >= 11 is 0. The van der Waals surface area contributed by atoms with Crippen LogP contribution in [0.3, 0.4) is 0 Å². The van der Waals surface area contributed by atoms with Crippen molar-refractivity contribution in [1.29, 1.82) is 0 Å². The summed E-state index contributed by atoms with van der Waals surface area (Å²) in [4.78, 5) is 23.5. The van der Waals surface area contributed by atoms with Gasteiger partial charge in [-0.25, -0.2) is 0 Å². The lowest BCUT2D eigenvalue weighted by atomic mass is 9.91. The molecule has 1 amide bonds. The summed E-state index contributed by atoms with van der Waals surface area (Å²) in [5, 5.41) is 0. The molecule has 0 spiro atoms. The molecule has 0 bridgehead atoms. The fourth-order valence-electron chi connectivity index (χ4n) is 3.33. The molecule has 1 atom stereocenters. The van der Waals surface area contributed by atoms with Crippen LogP contribution in [0.5, 0.6) is 0 Å². The Kier molecular flexibility index (Phi) is 4.28.